The first-order chi connectivity index (χ1) is 10.0. The molecule has 4 heteroatoms. The monoisotopic (exact) mass is 325 g/mol. The van der Waals surface area contributed by atoms with E-state index in [4.69, 9.17) is 23.2 Å². The number of halogens is 3. The summed E-state index contributed by atoms with van der Waals surface area (Å²) in [5, 5.41) is 4.60. The molecule has 2 aromatic carbocycles. The zero-order chi connectivity index (χ0) is 15.4. The van der Waals surface area contributed by atoms with Gasteiger partial charge in [0.15, 0.2) is 0 Å². The van der Waals surface area contributed by atoms with Crippen molar-refractivity contribution in [1.29, 1.82) is 0 Å². The highest BCUT2D eigenvalue weighted by atomic mass is 35.5. The van der Waals surface area contributed by atoms with E-state index in [1.807, 2.05) is 19.1 Å². The third-order valence-corrected chi connectivity index (χ3v) is 3.83. The van der Waals surface area contributed by atoms with Gasteiger partial charge in [0.25, 0.3) is 0 Å². The Morgan fingerprint density at radius 1 is 1.14 bits per heavy atom. The Bertz CT molecular complexity index is 608. The van der Waals surface area contributed by atoms with Gasteiger partial charge in [0.05, 0.1) is 6.04 Å². The van der Waals surface area contributed by atoms with Crippen molar-refractivity contribution in [1.82, 2.24) is 5.32 Å². The highest BCUT2D eigenvalue weighted by Gasteiger charge is 2.17. The first-order valence-electron chi connectivity index (χ1n) is 6.96. The lowest BCUT2D eigenvalue weighted by Gasteiger charge is -2.21. The maximum Gasteiger partial charge on any atom is 0.123 e. The van der Waals surface area contributed by atoms with Crippen LogP contribution in [0.4, 0.5) is 4.39 Å². The first-order valence-corrected chi connectivity index (χ1v) is 7.72. The molecule has 0 fully saturated rings. The van der Waals surface area contributed by atoms with Crippen LogP contribution in [-0.2, 0) is 0 Å². The summed E-state index contributed by atoms with van der Waals surface area (Å²) >= 11 is 12.3. The summed E-state index contributed by atoms with van der Waals surface area (Å²) in [7, 11) is 0. The highest BCUT2D eigenvalue weighted by Crippen LogP contribution is 2.31. The number of nitrogens with one attached hydrogen (secondary N) is 1. The molecule has 0 radical (unpaired) electrons. The van der Waals surface area contributed by atoms with Crippen LogP contribution in [0, 0.1) is 12.7 Å². The van der Waals surface area contributed by atoms with Gasteiger partial charge in [-0.2, -0.15) is 0 Å². The largest absolute Gasteiger partial charge is 0.306 e. The second-order valence-corrected chi connectivity index (χ2v) is 5.96. The molecule has 2 rings (SSSR count). The molecule has 0 heterocycles. The predicted octanol–water partition coefficient (Wildman–Crippen LogP) is 5.53. The van der Waals surface area contributed by atoms with Crippen LogP contribution >= 0.6 is 23.2 Å². The molecule has 112 valence electrons. The lowest BCUT2D eigenvalue weighted by molar-refractivity contribution is 0.585. The number of hydrogen-bond donors (Lipinski definition) is 1. The SMILES string of the molecule is CCCNC(c1cc(C)cc(F)c1)c1ccc(Cl)cc1Cl. The molecule has 0 amide bonds. The maximum atomic E-state index is 13.7. The van der Waals surface area contributed by atoms with Crippen molar-refractivity contribution >= 4 is 23.2 Å². The smallest absolute Gasteiger partial charge is 0.123 e. The van der Waals surface area contributed by atoms with Crippen LogP contribution < -0.4 is 5.32 Å². The highest BCUT2D eigenvalue weighted by molar-refractivity contribution is 6.35. The van der Waals surface area contributed by atoms with Crippen LogP contribution in [0.3, 0.4) is 0 Å². The van der Waals surface area contributed by atoms with E-state index >= 15 is 0 Å². The molecular weight excluding hydrogens is 308 g/mol. The molecule has 1 nitrogen and oxygen atoms in total. The Hall–Kier alpha value is -1.09. The van der Waals surface area contributed by atoms with Crippen LogP contribution in [0.15, 0.2) is 36.4 Å². The van der Waals surface area contributed by atoms with Crippen LogP contribution in [-0.4, -0.2) is 6.54 Å². The standard InChI is InChI=1S/C17H18Cl2FN/c1-3-6-21-17(12-7-11(2)8-14(20)9-12)15-5-4-13(18)10-16(15)19/h4-5,7-10,17,21H,3,6H2,1-2H3. The minimum Gasteiger partial charge on any atom is -0.306 e. The number of benzene rings is 2. The average Bonchev–Trinajstić information content (AvgIpc) is 2.40. The van der Waals surface area contributed by atoms with Gasteiger partial charge < -0.3 is 5.32 Å². The van der Waals surface area contributed by atoms with E-state index in [1.54, 1.807) is 18.2 Å². The van der Waals surface area contributed by atoms with Crippen molar-refractivity contribution < 1.29 is 4.39 Å². The van der Waals surface area contributed by atoms with Gasteiger partial charge in [0.2, 0.25) is 0 Å². The van der Waals surface area contributed by atoms with Gasteiger partial charge >= 0.3 is 0 Å². The summed E-state index contributed by atoms with van der Waals surface area (Å²) < 4.78 is 13.7. The van der Waals surface area contributed by atoms with Gasteiger partial charge in [-0.1, -0.05) is 42.3 Å². The van der Waals surface area contributed by atoms with Gasteiger partial charge in [0.1, 0.15) is 5.82 Å². The van der Waals surface area contributed by atoms with Crippen LogP contribution in [0.1, 0.15) is 36.1 Å². The van der Waals surface area contributed by atoms with Crippen molar-refractivity contribution in [3.63, 3.8) is 0 Å². The molecule has 0 saturated heterocycles. The molecule has 2 aromatic rings. The third kappa shape index (κ3) is 4.19. The summed E-state index contributed by atoms with van der Waals surface area (Å²) in [6, 6.07) is 10.3. The Balaban J connectivity index is 2.46. The number of rotatable bonds is 5. The molecule has 0 aliphatic rings. The van der Waals surface area contributed by atoms with Crippen LogP contribution in [0.5, 0.6) is 0 Å². The fourth-order valence-corrected chi connectivity index (χ4v) is 2.88. The first kappa shape index (κ1) is 16.3. The third-order valence-electron chi connectivity index (χ3n) is 3.27. The maximum absolute atomic E-state index is 13.7. The van der Waals surface area contributed by atoms with Crippen molar-refractivity contribution in [2.24, 2.45) is 0 Å². The molecule has 21 heavy (non-hydrogen) atoms. The van der Waals surface area contributed by atoms with Gasteiger partial charge in [-0.15, -0.1) is 0 Å². The number of hydrogen-bond acceptors (Lipinski definition) is 1. The second-order valence-electron chi connectivity index (χ2n) is 5.11. The zero-order valence-electron chi connectivity index (χ0n) is 12.1. The van der Waals surface area contributed by atoms with Crippen molar-refractivity contribution in [2.45, 2.75) is 26.3 Å². The lowest BCUT2D eigenvalue weighted by Crippen LogP contribution is -2.23. The molecule has 0 spiro atoms. The molecule has 0 aromatic heterocycles. The summed E-state index contributed by atoms with van der Waals surface area (Å²) in [6.45, 7) is 4.79. The fraction of sp³-hybridized carbons (Fsp3) is 0.294. The minimum absolute atomic E-state index is 0.149. The molecule has 0 aliphatic heterocycles. The predicted molar refractivity (Wildman–Crippen MR) is 87.7 cm³/mol. The summed E-state index contributed by atoms with van der Waals surface area (Å²) in [6.07, 6.45) is 0.982. The zero-order valence-corrected chi connectivity index (χ0v) is 13.6. The van der Waals surface area contributed by atoms with Crippen LogP contribution in [0.25, 0.3) is 0 Å². The number of aryl methyl sites for hydroxylation is 1. The van der Waals surface area contributed by atoms with Gasteiger partial charge in [-0.25, -0.2) is 4.39 Å². The second kappa shape index (κ2) is 7.26. The van der Waals surface area contributed by atoms with Gasteiger partial charge in [-0.05, 0) is 60.8 Å². The van der Waals surface area contributed by atoms with Crippen molar-refractivity contribution in [3.8, 4) is 0 Å². The Labute approximate surface area is 135 Å². The quantitative estimate of drug-likeness (QED) is 0.762. The van der Waals surface area contributed by atoms with Gasteiger partial charge in [-0.3, -0.25) is 0 Å². The Morgan fingerprint density at radius 3 is 2.52 bits per heavy atom. The molecule has 1 atom stereocenters. The van der Waals surface area contributed by atoms with Crippen molar-refractivity contribution in [3.05, 3.63) is 69.0 Å². The van der Waals surface area contributed by atoms with E-state index in [-0.39, 0.29) is 11.9 Å². The molecule has 0 saturated carbocycles. The normalized spacial score (nSPS) is 12.4. The lowest BCUT2D eigenvalue weighted by atomic mass is 9.97. The topological polar surface area (TPSA) is 12.0 Å². The summed E-state index contributed by atoms with van der Waals surface area (Å²) in [5.41, 5.74) is 2.66. The van der Waals surface area contributed by atoms with E-state index in [0.29, 0.717) is 10.0 Å². The Morgan fingerprint density at radius 2 is 1.90 bits per heavy atom. The van der Waals surface area contributed by atoms with E-state index in [1.165, 1.54) is 6.07 Å². The van der Waals surface area contributed by atoms with E-state index < -0.39 is 0 Å². The van der Waals surface area contributed by atoms with E-state index in [0.717, 1.165) is 29.7 Å². The average molecular weight is 326 g/mol. The van der Waals surface area contributed by atoms with Crippen LogP contribution in [0.2, 0.25) is 10.0 Å². The fourth-order valence-electron chi connectivity index (χ4n) is 2.36. The molecular formula is C17H18Cl2FN. The summed E-state index contributed by atoms with van der Waals surface area (Å²) in [4.78, 5) is 0. The van der Waals surface area contributed by atoms with E-state index in [2.05, 4.69) is 12.2 Å². The minimum atomic E-state index is -0.238. The molecule has 0 aliphatic carbocycles. The molecule has 1 N–H and O–H groups in total. The molecule has 1 unspecified atom stereocenters. The molecule has 0 bridgehead atoms. The summed E-state index contributed by atoms with van der Waals surface area (Å²) in [5.74, 6) is -0.238. The van der Waals surface area contributed by atoms with Gasteiger partial charge in [0, 0.05) is 10.0 Å². The van der Waals surface area contributed by atoms with Crippen molar-refractivity contribution in [2.75, 3.05) is 6.54 Å². The Kier molecular flexibility index (Phi) is 5.63. The van der Waals surface area contributed by atoms with E-state index in [9.17, 15) is 4.39 Å².